The number of hydrogen-bond acceptors (Lipinski definition) is 5. The molecule has 0 saturated heterocycles. The van der Waals surface area contributed by atoms with Crippen LogP contribution >= 0.6 is 0 Å². The van der Waals surface area contributed by atoms with Gasteiger partial charge in [0, 0.05) is 36.2 Å². The molecule has 5 rings (SSSR count). The van der Waals surface area contributed by atoms with Crippen molar-refractivity contribution in [2.75, 3.05) is 10.2 Å². The summed E-state index contributed by atoms with van der Waals surface area (Å²) in [6.45, 7) is 1.72. The SMILES string of the molecule is CC(=O)Nc1ccc2c(c1)C(C1CCCCC1)=NN(Cc1ccccc1)C(=O)N2c1ccc([N+](=O)[O-])cc1. The number of urea groups is 1. The van der Waals surface area contributed by atoms with Crippen LogP contribution in [0.25, 0.3) is 0 Å². The Labute approximate surface area is 220 Å². The Morgan fingerprint density at radius 2 is 1.74 bits per heavy atom. The second kappa shape index (κ2) is 10.8. The smallest absolute Gasteiger partial charge is 0.326 e. The van der Waals surface area contributed by atoms with E-state index in [9.17, 15) is 19.7 Å². The first-order chi connectivity index (χ1) is 18.4. The molecule has 1 heterocycles. The highest BCUT2D eigenvalue weighted by Gasteiger charge is 2.34. The summed E-state index contributed by atoms with van der Waals surface area (Å²) in [7, 11) is 0. The van der Waals surface area contributed by atoms with E-state index in [1.807, 2.05) is 42.5 Å². The van der Waals surface area contributed by atoms with E-state index in [1.165, 1.54) is 30.5 Å². The zero-order chi connectivity index (χ0) is 26.6. The van der Waals surface area contributed by atoms with Gasteiger partial charge in [-0.05, 0) is 48.7 Å². The highest BCUT2D eigenvalue weighted by Crippen LogP contribution is 2.39. The second-order valence-corrected chi connectivity index (χ2v) is 9.67. The third-order valence-corrected chi connectivity index (χ3v) is 6.96. The number of nitrogens with one attached hydrogen (secondary N) is 1. The van der Waals surface area contributed by atoms with Crippen molar-refractivity contribution in [3.05, 3.63) is 94.0 Å². The van der Waals surface area contributed by atoms with E-state index in [4.69, 9.17) is 5.10 Å². The molecule has 1 N–H and O–H groups in total. The van der Waals surface area contributed by atoms with E-state index in [0.717, 1.165) is 42.5 Å². The molecule has 0 bridgehead atoms. The van der Waals surface area contributed by atoms with Gasteiger partial charge in [-0.3, -0.25) is 19.8 Å². The average Bonchev–Trinajstić information content (AvgIpc) is 3.04. The Kier molecular flexibility index (Phi) is 7.17. The number of nitrogens with zero attached hydrogens (tertiary/aromatic N) is 4. The molecule has 194 valence electrons. The number of anilines is 3. The van der Waals surface area contributed by atoms with E-state index >= 15 is 0 Å². The summed E-state index contributed by atoms with van der Waals surface area (Å²) in [5.74, 6) is -0.0262. The molecule has 3 amide bonds. The van der Waals surface area contributed by atoms with Crippen molar-refractivity contribution < 1.29 is 14.5 Å². The van der Waals surface area contributed by atoms with Crippen molar-refractivity contribution in [3.63, 3.8) is 0 Å². The number of rotatable bonds is 6. The molecule has 2 aliphatic rings. The highest BCUT2D eigenvalue weighted by atomic mass is 16.6. The van der Waals surface area contributed by atoms with E-state index in [-0.39, 0.29) is 30.1 Å². The summed E-state index contributed by atoms with van der Waals surface area (Å²) >= 11 is 0. The molecule has 9 heteroatoms. The monoisotopic (exact) mass is 511 g/mol. The minimum Gasteiger partial charge on any atom is -0.326 e. The Morgan fingerprint density at radius 1 is 1.03 bits per heavy atom. The number of carbonyl (C=O) groups excluding carboxylic acids is 2. The van der Waals surface area contributed by atoms with Gasteiger partial charge in [-0.15, -0.1) is 0 Å². The minimum absolute atomic E-state index is 0.0578. The number of amides is 3. The number of hydrazone groups is 1. The van der Waals surface area contributed by atoms with Gasteiger partial charge in [0.1, 0.15) is 0 Å². The van der Waals surface area contributed by atoms with E-state index in [0.29, 0.717) is 17.1 Å². The topological polar surface area (TPSA) is 108 Å². The summed E-state index contributed by atoms with van der Waals surface area (Å²) < 4.78 is 0. The maximum atomic E-state index is 14.2. The van der Waals surface area contributed by atoms with Crippen LogP contribution in [0.2, 0.25) is 0 Å². The number of hydrogen-bond donors (Lipinski definition) is 1. The van der Waals surface area contributed by atoms with Crippen LogP contribution in [0.5, 0.6) is 0 Å². The van der Waals surface area contributed by atoms with Gasteiger partial charge in [0.2, 0.25) is 5.91 Å². The molecule has 0 aromatic heterocycles. The fourth-order valence-electron chi connectivity index (χ4n) is 5.17. The predicted molar refractivity (Wildman–Crippen MR) is 146 cm³/mol. The van der Waals surface area contributed by atoms with Crippen molar-refractivity contribution in [3.8, 4) is 0 Å². The summed E-state index contributed by atoms with van der Waals surface area (Å²) in [4.78, 5) is 38.4. The summed E-state index contributed by atoms with van der Waals surface area (Å²) in [5.41, 5.74) is 4.20. The average molecular weight is 512 g/mol. The lowest BCUT2D eigenvalue weighted by molar-refractivity contribution is -0.384. The van der Waals surface area contributed by atoms with Crippen molar-refractivity contribution >= 4 is 40.4 Å². The number of carbonyl (C=O) groups is 2. The van der Waals surface area contributed by atoms with Crippen LogP contribution in [-0.2, 0) is 11.3 Å². The number of nitro benzene ring substituents is 1. The first-order valence-corrected chi connectivity index (χ1v) is 12.8. The number of non-ortho nitro benzene ring substituents is 1. The van der Waals surface area contributed by atoms with E-state index in [1.54, 1.807) is 23.1 Å². The van der Waals surface area contributed by atoms with Gasteiger partial charge in [0.15, 0.2) is 0 Å². The quantitative estimate of drug-likeness (QED) is 0.297. The van der Waals surface area contributed by atoms with Gasteiger partial charge in [-0.1, -0.05) is 49.6 Å². The minimum atomic E-state index is -0.465. The molecule has 1 aliphatic heterocycles. The normalized spacial score (nSPS) is 15.9. The molecular weight excluding hydrogens is 482 g/mol. The molecule has 1 aliphatic carbocycles. The van der Waals surface area contributed by atoms with Crippen LogP contribution in [0.4, 0.5) is 27.5 Å². The largest absolute Gasteiger partial charge is 0.349 e. The Morgan fingerprint density at radius 3 is 2.39 bits per heavy atom. The molecule has 3 aromatic carbocycles. The molecule has 1 saturated carbocycles. The Hall–Kier alpha value is -4.53. The number of fused-ring (bicyclic) bond motifs is 1. The summed E-state index contributed by atoms with van der Waals surface area (Å²) in [6, 6.07) is 20.7. The molecule has 0 radical (unpaired) electrons. The zero-order valence-electron chi connectivity index (χ0n) is 21.2. The molecule has 1 fully saturated rings. The first kappa shape index (κ1) is 25.1. The van der Waals surface area contributed by atoms with Gasteiger partial charge >= 0.3 is 6.03 Å². The highest BCUT2D eigenvalue weighted by molar-refractivity contribution is 6.14. The molecule has 0 unspecified atom stereocenters. The van der Waals surface area contributed by atoms with Crippen molar-refractivity contribution in [1.29, 1.82) is 0 Å². The third-order valence-electron chi connectivity index (χ3n) is 6.96. The van der Waals surface area contributed by atoms with Crippen LogP contribution in [0.1, 0.15) is 50.2 Å². The van der Waals surface area contributed by atoms with Gasteiger partial charge in [0.25, 0.3) is 5.69 Å². The molecule has 38 heavy (non-hydrogen) atoms. The van der Waals surface area contributed by atoms with Crippen LogP contribution in [0, 0.1) is 16.0 Å². The maximum absolute atomic E-state index is 14.2. The Balaban J connectivity index is 1.68. The zero-order valence-corrected chi connectivity index (χ0v) is 21.2. The second-order valence-electron chi connectivity index (χ2n) is 9.67. The first-order valence-electron chi connectivity index (χ1n) is 12.8. The van der Waals surface area contributed by atoms with Crippen LogP contribution < -0.4 is 10.2 Å². The summed E-state index contributed by atoms with van der Waals surface area (Å²) in [5, 5.41) is 20.6. The lowest BCUT2D eigenvalue weighted by Gasteiger charge is -2.27. The lowest BCUT2D eigenvalue weighted by atomic mass is 9.82. The van der Waals surface area contributed by atoms with E-state index in [2.05, 4.69) is 5.32 Å². The van der Waals surface area contributed by atoms with Crippen molar-refractivity contribution in [1.82, 2.24) is 5.01 Å². The molecule has 0 spiro atoms. The maximum Gasteiger partial charge on any atom is 0.349 e. The fraction of sp³-hybridized carbons (Fsp3) is 0.276. The molecule has 9 nitrogen and oxygen atoms in total. The third kappa shape index (κ3) is 5.27. The van der Waals surface area contributed by atoms with Crippen LogP contribution in [-0.4, -0.2) is 27.6 Å². The van der Waals surface area contributed by atoms with Crippen molar-refractivity contribution in [2.24, 2.45) is 11.0 Å². The Bertz CT molecular complexity index is 1380. The predicted octanol–water partition coefficient (Wildman–Crippen LogP) is 6.61. The van der Waals surface area contributed by atoms with Crippen LogP contribution in [0.3, 0.4) is 0 Å². The van der Waals surface area contributed by atoms with E-state index < -0.39 is 4.92 Å². The van der Waals surface area contributed by atoms with Gasteiger partial charge in [0.05, 0.1) is 28.6 Å². The van der Waals surface area contributed by atoms with Gasteiger partial charge in [-0.2, -0.15) is 5.10 Å². The molecule has 0 atom stereocenters. The lowest BCUT2D eigenvalue weighted by Crippen LogP contribution is -2.36. The standard InChI is InChI=1S/C29H29N5O4/c1-20(35)30-23-12-17-27-26(18-23)28(22-10-6-3-7-11-22)31-32(19-21-8-4-2-5-9-21)29(36)33(27)24-13-15-25(16-14-24)34(37)38/h2,4-5,8-9,12-18,22H,3,6-7,10-11,19H2,1H3,(H,30,35). The fourth-order valence-corrected chi connectivity index (χ4v) is 5.17. The van der Waals surface area contributed by atoms with Crippen molar-refractivity contribution in [2.45, 2.75) is 45.6 Å². The summed E-state index contributed by atoms with van der Waals surface area (Å²) in [6.07, 6.45) is 5.28. The van der Waals surface area contributed by atoms with Crippen LogP contribution in [0.15, 0.2) is 77.9 Å². The number of benzene rings is 3. The molecular formula is C29H29N5O4. The van der Waals surface area contributed by atoms with Gasteiger partial charge in [-0.25, -0.2) is 9.80 Å². The number of nitro groups is 1. The molecule has 3 aromatic rings. The van der Waals surface area contributed by atoms with Gasteiger partial charge < -0.3 is 5.32 Å².